The number of hydrogen-bond acceptors (Lipinski definition) is 7. The first kappa shape index (κ1) is 34.7. The van der Waals surface area contributed by atoms with Crippen molar-refractivity contribution in [1.29, 1.82) is 0 Å². The van der Waals surface area contributed by atoms with Gasteiger partial charge < -0.3 is 42.2 Å². The van der Waals surface area contributed by atoms with Crippen molar-refractivity contribution in [3.05, 3.63) is 29.8 Å². The second-order valence-corrected chi connectivity index (χ2v) is 11.0. The Labute approximate surface area is 239 Å². The van der Waals surface area contributed by atoms with Crippen molar-refractivity contribution in [1.82, 2.24) is 21.3 Å². The summed E-state index contributed by atoms with van der Waals surface area (Å²) in [6, 6.07) is 2.69. The minimum absolute atomic E-state index is 0.137. The van der Waals surface area contributed by atoms with Crippen LogP contribution in [0.1, 0.15) is 59.9 Å². The molecule has 0 aromatic heterocycles. The van der Waals surface area contributed by atoms with Crippen LogP contribution in [-0.2, 0) is 30.5 Å². The topological polar surface area (TPSA) is 218 Å². The Bertz CT molecular complexity index is 1080. The predicted molar refractivity (Wildman–Crippen MR) is 150 cm³/mol. The number of primary amides is 1. The van der Waals surface area contributed by atoms with Crippen molar-refractivity contribution in [2.45, 2.75) is 79.1 Å². The minimum atomic E-state index is -1.18. The van der Waals surface area contributed by atoms with Crippen LogP contribution in [0.15, 0.2) is 24.3 Å². The Hall–Kier alpha value is -4.36. The van der Waals surface area contributed by atoms with Crippen molar-refractivity contribution in [3.8, 4) is 0 Å². The summed E-state index contributed by atoms with van der Waals surface area (Å²) in [5.74, 6) is -2.85. The van der Waals surface area contributed by atoms with E-state index in [1.54, 1.807) is 58.9 Å². The van der Waals surface area contributed by atoms with Crippen molar-refractivity contribution >= 4 is 41.5 Å². The molecule has 0 aliphatic heterocycles. The molecule has 1 aromatic carbocycles. The Morgan fingerprint density at radius 2 is 1.56 bits per heavy atom. The van der Waals surface area contributed by atoms with Gasteiger partial charge >= 0.3 is 18.1 Å². The van der Waals surface area contributed by atoms with Crippen LogP contribution < -0.4 is 32.3 Å². The van der Waals surface area contributed by atoms with E-state index in [2.05, 4.69) is 26.6 Å². The molecule has 0 aliphatic carbocycles. The van der Waals surface area contributed by atoms with Gasteiger partial charge in [0.05, 0.1) is 0 Å². The first-order chi connectivity index (χ1) is 19.0. The summed E-state index contributed by atoms with van der Waals surface area (Å²) in [5.41, 5.74) is 5.34. The van der Waals surface area contributed by atoms with Gasteiger partial charge in [0.15, 0.2) is 0 Å². The number of carbonyl (C=O) groups is 6. The Morgan fingerprint density at radius 3 is 2.05 bits per heavy atom. The van der Waals surface area contributed by atoms with E-state index >= 15 is 0 Å². The number of carbonyl (C=O) groups excluding carboxylic acids is 5. The SMILES string of the molecule is CC(=O)N[C@@H](C(=O)N[C@H](CCCNC(N)=O)C(=O)Nc1ccc(COC(=O)N[C@@H](C(=O)O)C(C)(C)C)cc1)C(C)C. The van der Waals surface area contributed by atoms with Crippen LogP contribution in [0.5, 0.6) is 0 Å². The number of carboxylic acids is 1. The lowest BCUT2D eigenvalue weighted by Gasteiger charge is -2.27. The van der Waals surface area contributed by atoms with Gasteiger partial charge in [-0.15, -0.1) is 0 Å². The number of hydrogen-bond donors (Lipinski definition) is 7. The number of amides is 6. The molecule has 6 amide bonds. The molecule has 8 N–H and O–H groups in total. The Balaban J connectivity index is 2.85. The van der Waals surface area contributed by atoms with Crippen LogP contribution in [0.25, 0.3) is 0 Å². The predicted octanol–water partition coefficient (Wildman–Crippen LogP) is 1.44. The zero-order chi connectivity index (χ0) is 31.3. The molecule has 0 radical (unpaired) electrons. The average molecular weight is 579 g/mol. The smallest absolute Gasteiger partial charge is 0.408 e. The molecule has 1 aromatic rings. The molecule has 41 heavy (non-hydrogen) atoms. The maximum atomic E-state index is 13.1. The van der Waals surface area contributed by atoms with Crippen LogP contribution in [0.4, 0.5) is 15.3 Å². The first-order valence-electron chi connectivity index (χ1n) is 13.2. The molecule has 14 nitrogen and oxygen atoms in total. The first-order valence-corrected chi connectivity index (χ1v) is 13.2. The lowest BCUT2D eigenvalue weighted by molar-refractivity contribution is -0.142. The second kappa shape index (κ2) is 16.0. The number of aliphatic carboxylic acids is 1. The number of carboxylic acid groups (broad SMARTS) is 1. The van der Waals surface area contributed by atoms with Gasteiger partial charge in [-0.05, 0) is 41.9 Å². The van der Waals surface area contributed by atoms with E-state index in [9.17, 15) is 33.9 Å². The molecule has 228 valence electrons. The van der Waals surface area contributed by atoms with E-state index < -0.39 is 53.4 Å². The molecule has 0 fully saturated rings. The number of rotatable bonds is 14. The molecule has 0 saturated carbocycles. The number of benzene rings is 1. The number of alkyl carbamates (subject to hydrolysis) is 1. The highest BCUT2D eigenvalue weighted by molar-refractivity contribution is 5.98. The standard InChI is InChI=1S/C27H42N6O8/c1-15(2)20(30-16(3)34)23(36)32-19(8-7-13-29-25(28)39)22(35)31-18-11-9-17(10-12-18)14-41-26(40)33-21(24(37)38)27(4,5)6/h9-12,15,19-21H,7-8,13-14H2,1-6H3,(H,30,34)(H,31,35)(H,32,36)(H,33,40)(H,37,38)(H3,28,29,39)/t19-,20-,21+/m1/s1. The van der Waals surface area contributed by atoms with Crippen LogP contribution in [0, 0.1) is 11.3 Å². The molecule has 0 spiro atoms. The third-order valence-corrected chi connectivity index (χ3v) is 5.88. The van der Waals surface area contributed by atoms with E-state index in [4.69, 9.17) is 10.5 Å². The highest BCUT2D eigenvalue weighted by Gasteiger charge is 2.33. The molecule has 3 atom stereocenters. The molecule has 0 unspecified atom stereocenters. The summed E-state index contributed by atoms with van der Waals surface area (Å²) < 4.78 is 5.13. The fourth-order valence-electron chi connectivity index (χ4n) is 3.67. The number of ether oxygens (including phenoxy) is 1. The number of nitrogens with one attached hydrogen (secondary N) is 5. The normalized spacial score (nSPS) is 13.2. The lowest BCUT2D eigenvalue weighted by Crippen LogP contribution is -2.54. The highest BCUT2D eigenvalue weighted by Crippen LogP contribution is 2.20. The van der Waals surface area contributed by atoms with Crippen LogP contribution >= 0.6 is 0 Å². The van der Waals surface area contributed by atoms with Gasteiger partial charge in [0, 0.05) is 19.2 Å². The third-order valence-electron chi connectivity index (χ3n) is 5.88. The molecule has 0 bridgehead atoms. The number of anilines is 1. The molecule has 1 rings (SSSR count). The summed E-state index contributed by atoms with van der Waals surface area (Å²) in [7, 11) is 0. The molecule has 0 saturated heterocycles. The monoisotopic (exact) mass is 578 g/mol. The van der Waals surface area contributed by atoms with E-state index in [0.29, 0.717) is 17.7 Å². The van der Waals surface area contributed by atoms with Gasteiger partial charge in [-0.25, -0.2) is 14.4 Å². The largest absolute Gasteiger partial charge is 0.480 e. The van der Waals surface area contributed by atoms with Crippen molar-refractivity contribution in [2.24, 2.45) is 17.1 Å². The maximum Gasteiger partial charge on any atom is 0.408 e. The number of nitrogens with two attached hydrogens (primary N) is 1. The van der Waals surface area contributed by atoms with Crippen LogP contribution in [-0.4, -0.2) is 65.6 Å². The second-order valence-electron chi connectivity index (χ2n) is 11.0. The minimum Gasteiger partial charge on any atom is -0.480 e. The zero-order valence-corrected chi connectivity index (χ0v) is 24.3. The van der Waals surface area contributed by atoms with Crippen LogP contribution in [0.3, 0.4) is 0 Å². The van der Waals surface area contributed by atoms with Gasteiger partial charge in [-0.1, -0.05) is 46.8 Å². The summed E-state index contributed by atoms with van der Waals surface area (Å²) in [6.07, 6.45) is -0.368. The zero-order valence-electron chi connectivity index (χ0n) is 24.3. The van der Waals surface area contributed by atoms with Crippen molar-refractivity contribution in [3.63, 3.8) is 0 Å². The van der Waals surface area contributed by atoms with E-state index in [1.165, 1.54) is 6.92 Å². The van der Waals surface area contributed by atoms with E-state index in [0.717, 1.165) is 0 Å². The molecule has 0 aliphatic rings. The average Bonchev–Trinajstić information content (AvgIpc) is 2.85. The van der Waals surface area contributed by atoms with Gasteiger partial charge in [-0.2, -0.15) is 0 Å². The molecule has 14 heteroatoms. The third kappa shape index (κ3) is 13.0. The Kier molecular flexibility index (Phi) is 13.6. The van der Waals surface area contributed by atoms with Gasteiger partial charge in [0.25, 0.3) is 0 Å². The maximum absolute atomic E-state index is 13.1. The van der Waals surface area contributed by atoms with E-state index in [1.807, 2.05) is 0 Å². The fraction of sp³-hybridized carbons (Fsp3) is 0.556. The molecular weight excluding hydrogens is 536 g/mol. The summed E-state index contributed by atoms with van der Waals surface area (Å²) in [4.78, 5) is 72.0. The molecular formula is C27H42N6O8. The summed E-state index contributed by atoms with van der Waals surface area (Å²) >= 11 is 0. The quantitative estimate of drug-likeness (QED) is 0.160. The van der Waals surface area contributed by atoms with Crippen LogP contribution in [0.2, 0.25) is 0 Å². The highest BCUT2D eigenvalue weighted by atomic mass is 16.5. The van der Waals surface area contributed by atoms with Gasteiger partial charge in [0.2, 0.25) is 17.7 Å². The number of urea groups is 1. The molecule has 0 heterocycles. The van der Waals surface area contributed by atoms with E-state index in [-0.39, 0.29) is 31.4 Å². The fourth-order valence-corrected chi connectivity index (χ4v) is 3.67. The Morgan fingerprint density at radius 1 is 0.951 bits per heavy atom. The summed E-state index contributed by atoms with van der Waals surface area (Å²) in [6.45, 7) is 9.91. The summed E-state index contributed by atoms with van der Waals surface area (Å²) in [5, 5.41) is 22.1. The van der Waals surface area contributed by atoms with Gasteiger partial charge in [0.1, 0.15) is 24.7 Å². The lowest BCUT2D eigenvalue weighted by atomic mass is 9.87. The van der Waals surface area contributed by atoms with Crippen molar-refractivity contribution < 1.29 is 38.6 Å². The van der Waals surface area contributed by atoms with Crippen molar-refractivity contribution in [2.75, 3.05) is 11.9 Å². The van der Waals surface area contributed by atoms with Gasteiger partial charge in [-0.3, -0.25) is 14.4 Å².